The third-order valence-corrected chi connectivity index (χ3v) is 11.5. The van der Waals surface area contributed by atoms with E-state index < -0.39 is 5.41 Å². The smallest absolute Gasteiger partial charge is 0.164 e. The van der Waals surface area contributed by atoms with Crippen molar-refractivity contribution < 1.29 is 4.74 Å². The zero-order valence-electron chi connectivity index (χ0n) is 28.3. The van der Waals surface area contributed by atoms with Crippen molar-refractivity contribution in [1.29, 1.82) is 0 Å². The van der Waals surface area contributed by atoms with E-state index in [1.165, 1.54) is 15.8 Å². The minimum atomic E-state index is -0.744. The Hall–Kier alpha value is -6.76. The van der Waals surface area contributed by atoms with Crippen LogP contribution in [0.15, 0.2) is 170 Å². The number of aromatic nitrogens is 4. The summed E-state index contributed by atoms with van der Waals surface area (Å²) >= 11 is 1.72. The molecular formula is C47H28N4OS. The summed E-state index contributed by atoms with van der Waals surface area (Å²) in [5, 5.41) is 0.992. The van der Waals surface area contributed by atoms with Crippen LogP contribution >= 0.6 is 11.3 Å². The second kappa shape index (κ2) is 11.6. The number of hydrogen-bond donors (Lipinski definition) is 0. The van der Waals surface area contributed by atoms with Crippen molar-refractivity contribution in [2.24, 2.45) is 0 Å². The van der Waals surface area contributed by atoms with Crippen LogP contribution in [0, 0.1) is 0 Å². The van der Waals surface area contributed by atoms with Gasteiger partial charge in [0.1, 0.15) is 16.5 Å². The van der Waals surface area contributed by atoms with E-state index in [9.17, 15) is 0 Å². The molecule has 0 amide bonds. The molecule has 1 spiro atoms. The predicted molar refractivity (Wildman–Crippen MR) is 212 cm³/mol. The molecule has 0 unspecified atom stereocenters. The summed E-state index contributed by atoms with van der Waals surface area (Å²) < 4.78 is 7.87. The zero-order chi connectivity index (χ0) is 34.9. The van der Waals surface area contributed by atoms with Gasteiger partial charge in [0.15, 0.2) is 17.5 Å². The van der Waals surface area contributed by atoms with Gasteiger partial charge >= 0.3 is 0 Å². The van der Waals surface area contributed by atoms with E-state index in [4.69, 9.17) is 24.7 Å². The fraction of sp³-hybridized carbons (Fsp3) is 0.0213. The van der Waals surface area contributed by atoms with Gasteiger partial charge in [0.25, 0.3) is 0 Å². The topological polar surface area (TPSA) is 60.8 Å². The molecule has 7 aromatic carbocycles. The molecule has 1 aliphatic carbocycles. The maximum atomic E-state index is 6.70. The molecule has 0 fully saturated rings. The van der Waals surface area contributed by atoms with Crippen LogP contribution in [0.3, 0.4) is 0 Å². The van der Waals surface area contributed by atoms with Gasteiger partial charge in [0.2, 0.25) is 0 Å². The first kappa shape index (κ1) is 29.9. The minimum Gasteiger partial charge on any atom is -0.457 e. The molecule has 0 bridgehead atoms. The lowest BCUT2D eigenvalue weighted by Gasteiger charge is -2.40. The Morgan fingerprint density at radius 1 is 0.415 bits per heavy atom. The van der Waals surface area contributed by atoms with E-state index in [-0.39, 0.29) is 0 Å². The standard InChI is InChI=1S/C47H28N4OS/c1-3-14-29(15-4-1)43-49-44(30-16-5-2-6-17-30)51-45(50-43)34-19-13-18-33-32-27-26-31(46-48-38-22-9-12-25-41(38)53-46)28-37(32)47(42(33)34)35-20-7-10-23-39(35)52-40-24-11-8-21-36(40)47/h1-28H. The van der Waals surface area contributed by atoms with E-state index in [2.05, 4.69) is 115 Å². The van der Waals surface area contributed by atoms with Crippen molar-refractivity contribution in [3.63, 3.8) is 0 Å². The van der Waals surface area contributed by atoms with Crippen LogP contribution in [0.1, 0.15) is 22.3 Å². The summed E-state index contributed by atoms with van der Waals surface area (Å²) in [6, 6.07) is 58.9. The average molecular weight is 697 g/mol. The van der Waals surface area contributed by atoms with E-state index >= 15 is 0 Å². The van der Waals surface area contributed by atoms with Crippen LogP contribution in [0.2, 0.25) is 0 Å². The number of nitrogens with zero attached hydrogens (tertiary/aromatic N) is 4. The van der Waals surface area contributed by atoms with Gasteiger partial charge in [-0.25, -0.2) is 19.9 Å². The largest absolute Gasteiger partial charge is 0.457 e. The van der Waals surface area contributed by atoms with E-state index in [1.54, 1.807) is 11.3 Å². The first-order valence-electron chi connectivity index (χ1n) is 17.6. The highest BCUT2D eigenvalue weighted by atomic mass is 32.1. The van der Waals surface area contributed by atoms with Crippen molar-refractivity contribution in [2.75, 3.05) is 0 Å². The molecule has 2 aliphatic rings. The molecule has 248 valence electrons. The average Bonchev–Trinajstić information content (AvgIpc) is 3.79. The Kier molecular flexibility index (Phi) is 6.57. The molecule has 0 N–H and O–H groups in total. The van der Waals surface area contributed by atoms with E-state index in [1.807, 2.05) is 54.6 Å². The third-order valence-electron chi connectivity index (χ3n) is 10.4. The monoisotopic (exact) mass is 696 g/mol. The highest BCUT2D eigenvalue weighted by Gasteiger charge is 2.52. The third kappa shape index (κ3) is 4.49. The molecule has 6 heteroatoms. The molecule has 11 rings (SSSR count). The Morgan fingerprint density at radius 3 is 1.68 bits per heavy atom. The van der Waals surface area contributed by atoms with Gasteiger partial charge in [-0.05, 0) is 52.6 Å². The number of hydrogen-bond acceptors (Lipinski definition) is 6. The Labute approximate surface area is 309 Å². The van der Waals surface area contributed by atoms with Gasteiger partial charge in [-0.3, -0.25) is 0 Å². The fourth-order valence-electron chi connectivity index (χ4n) is 8.20. The summed E-state index contributed by atoms with van der Waals surface area (Å²) in [6.07, 6.45) is 0. The first-order valence-corrected chi connectivity index (χ1v) is 18.5. The second-order valence-corrected chi connectivity index (χ2v) is 14.4. The highest BCUT2D eigenvalue weighted by Crippen LogP contribution is 2.64. The van der Waals surface area contributed by atoms with Crippen molar-refractivity contribution in [3.05, 3.63) is 192 Å². The van der Waals surface area contributed by atoms with E-state index in [0.29, 0.717) is 17.5 Å². The maximum absolute atomic E-state index is 6.70. The van der Waals surface area contributed by atoms with Gasteiger partial charge < -0.3 is 4.74 Å². The number of fused-ring (bicyclic) bond motifs is 10. The molecule has 2 aromatic heterocycles. The van der Waals surface area contributed by atoms with Crippen LogP contribution < -0.4 is 4.74 Å². The summed E-state index contributed by atoms with van der Waals surface area (Å²) in [5.74, 6) is 3.53. The number of benzene rings is 7. The Bertz CT molecular complexity index is 2750. The zero-order valence-corrected chi connectivity index (χ0v) is 29.1. The summed E-state index contributed by atoms with van der Waals surface area (Å²) in [6.45, 7) is 0. The van der Waals surface area contributed by atoms with Gasteiger partial charge in [0, 0.05) is 33.4 Å². The second-order valence-electron chi connectivity index (χ2n) is 13.4. The van der Waals surface area contributed by atoms with Gasteiger partial charge in [-0.15, -0.1) is 11.3 Å². The maximum Gasteiger partial charge on any atom is 0.164 e. The van der Waals surface area contributed by atoms with Crippen molar-refractivity contribution in [2.45, 2.75) is 5.41 Å². The van der Waals surface area contributed by atoms with Crippen LogP contribution in [0.5, 0.6) is 11.5 Å². The SMILES string of the molecule is c1ccc(-c2nc(-c3ccccc3)nc(-c3cccc4c3C3(c5ccccc5Oc5ccccc53)c3cc(-c5nc6ccccc6s5)ccc3-4)n2)cc1. The minimum absolute atomic E-state index is 0.620. The number of thiazole rings is 1. The molecule has 5 nitrogen and oxygen atoms in total. The quantitative estimate of drug-likeness (QED) is 0.183. The summed E-state index contributed by atoms with van der Waals surface area (Å²) in [7, 11) is 0. The number of para-hydroxylation sites is 3. The molecule has 3 heterocycles. The lowest BCUT2D eigenvalue weighted by atomic mass is 9.65. The predicted octanol–water partition coefficient (Wildman–Crippen LogP) is 11.6. The summed E-state index contributed by atoms with van der Waals surface area (Å²) in [4.78, 5) is 20.6. The first-order chi connectivity index (χ1) is 26.3. The van der Waals surface area contributed by atoms with Crippen molar-refractivity contribution in [1.82, 2.24) is 19.9 Å². The molecular weight excluding hydrogens is 669 g/mol. The normalized spacial score (nSPS) is 13.2. The Morgan fingerprint density at radius 2 is 1.00 bits per heavy atom. The van der Waals surface area contributed by atoms with Gasteiger partial charge in [-0.1, -0.05) is 140 Å². The molecule has 1 aliphatic heterocycles. The molecule has 0 atom stereocenters. The number of rotatable bonds is 4. The Balaban J connectivity index is 1.24. The fourth-order valence-corrected chi connectivity index (χ4v) is 9.16. The lowest BCUT2D eigenvalue weighted by molar-refractivity contribution is 0.436. The van der Waals surface area contributed by atoms with Crippen LogP contribution in [-0.4, -0.2) is 19.9 Å². The van der Waals surface area contributed by atoms with Crippen LogP contribution in [0.25, 0.3) is 66.1 Å². The van der Waals surface area contributed by atoms with Crippen molar-refractivity contribution in [3.8, 4) is 67.4 Å². The summed E-state index contributed by atoms with van der Waals surface area (Å²) in [5.41, 5.74) is 10.9. The molecule has 0 saturated heterocycles. The van der Waals surface area contributed by atoms with Crippen LogP contribution in [-0.2, 0) is 5.41 Å². The van der Waals surface area contributed by atoms with Crippen LogP contribution in [0.4, 0.5) is 0 Å². The van der Waals surface area contributed by atoms with E-state index in [0.717, 1.165) is 66.5 Å². The molecule has 0 radical (unpaired) electrons. The van der Waals surface area contributed by atoms with Crippen molar-refractivity contribution >= 4 is 21.6 Å². The molecule has 0 saturated carbocycles. The number of ether oxygens (including phenoxy) is 1. The lowest BCUT2D eigenvalue weighted by Crippen LogP contribution is -2.32. The van der Waals surface area contributed by atoms with Gasteiger partial charge in [-0.2, -0.15) is 0 Å². The highest BCUT2D eigenvalue weighted by molar-refractivity contribution is 7.21. The molecule has 9 aromatic rings. The van der Waals surface area contributed by atoms with Gasteiger partial charge in [0.05, 0.1) is 15.6 Å². The molecule has 53 heavy (non-hydrogen) atoms.